The second kappa shape index (κ2) is 11.3. The largest absolute Gasteiger partial charge is 0.387 e. The summed E-state index contributed by atoms with van der Waals surface area (Å²) in [5, 5.41) is 31.4. The number of aromatic amines is 1. The first-order valence-corrected chi connectivity index (χ1v) is 15.3. The van der Waals surface area contributed by atoms with Gasteiger partial charge in [0.2, 0.25) is 5.91 Å². The van der Waals surface area contributed by atoms with Crippen molar-refractivity contribution in [2.24, 2.45) is 0 Å². The fourth-order valence-corrected chi connectivity index (χ4v) is 7.49. The molecule has 2 aromatic carbocycles. The molecule has 1 amide bonds. The molecule has 1 saturated heterocycles. The zero-order valence-electron chi connectivity index (χ0n) is 24.0. The van der Waals surface area contributed by atoms with Crippen LogP contribution in [0.25, 0.3) is 22.0 Å². The first-order chi connectivity index (χ1) is 20.6. The highest BCUT2D eigenvalue weighted by Gasteiger charge is 2.38. The average Bonchev–Trinajstić information content (AvgIpc) is 3.42. The molecule has 4 N–H and O–H groups in total. The van der Waals surface area contributed by atoms with Crippen molar-refractivity contribution in [1.29, 1.82) is 5.41 Å². The van der Waals surface area contributed by atoms with Crippen LogP contribution in [0.4, 0.5) is 15.8 Å². The molecule has 2 aliphatic heterocycles. The molecule has 2 atom stereocenters. The van der Waals surface area contributed by atoms with Gasteiger partial charge in [0, 0.05) is 48.1 Å². The number of nitrogens with one attached hydrogen (secondary N) is 3. The summed E-state index contributed by atoms with van der Waals surface area (Å²) in [6.07, 6.45) is 3.68. The molecule has 9 nitrogen and oxygen atoms in total. The van der Waals surface area contributed by atoms with Gasteiger partial charge in [-0.2, -0.15) is 5.10 Å². The van der Waals surface area contributed by atoms with E-state index >= 15 is 4.39 Å². The van der Waals surface area contributed by atoms with E-state index in [1.807, 2.05) is 36.9 Å². The number of pyridine rings is 1. The maximum absolute atomic E-state index is 17.0. The molecule has 2 aromatic heterocycles. The van der Waals surface area contributed by atoms with Gasteiger partial charge in [0.25, 0.3) is 0 Å². The molecule has 222 valence electrons. The Balaban J connectivity index is 1.60. The third-order valence-corrected chi connectivity index (χ3v) is 9.77. The van der Waals surface area contributed by atoms with Crippen LogP contribution in [-0.4, -0.2) is 73.3 Å². The minimum Gasteiger partial charge on any atom is -0.387 e. The van der Waals surface area contributed by atoms with E-state index in [0.29, 0.717) is 58.5 Å². The highest BCUT2D eigenvalue weighted by molar-refractivity contribution is 7.99. The summed E-state index contributed by atoms with van der Waals surface area (Å²) in [6.45, 7) is 10.2. The number of aryl methyl sites for hydroxylation is 2. The minimum atomic E-state index is -0.893. The number of aromatic nitrogens is 3. The Morgan fingerprint density at radius 1 is 1.26 bits per heavy atom. The molecule has 2 aliphatic rings. The number of rotatable bonds is 5. The molecule has 0 saturated carbocycles. The number of benzene rings is 2. The molecule has 2 unspecified atom stereocenters. The number of aliphatic hydroxyl groups excluding tert-OH is 1. The van der Waals surface area contributed by atoms with E-state index in [4.69, 9.17) is 11.6 Å². The summed E-state index contributed by atoms with van der Waals surface area (Å²) in [4.78, 5) is 20.8. The third kappa shape index (κ3) is 4.85. The predicted octanol–water partition coefficient (Wildman–Crippen LogP) is 5.96. The summed E-state index contributed by atoms with van der Waals surface area (Å²) in [5.41, 5.74) is 4.80. The standard InChI is InChI=1S/C31H31ClFN7O2S/c1-5-21(42)39-10-11-40-18(13-39)14-43-30-24(31(40)34)29(37-27-16(3)8-9-35-28(27)17(4)41)25(32)23(26(30)33)22-15(2)6-7-20-19(22)12-36-38-20/h5-9,12,17-18,34,37,41H,1,10-11,13-14H2,2-4H3,(H,36,38). The number of carbonyl (C=O) groups excluding carboxylic acids is 1. The van der Waals surface area contributed by atoms with Crippen molar-refractivity contribution in [2.45, 2.75) is 37.8 Å². The highest BCUT2D eigenvalue weighted by Crippen LogP contribution is 2.50. The van der Waals surface area contributed by atoms with E-state index in [1.54, 1.807) is 24.2 Å². The van der Waals surface area contributed by atoms with Gasteiger partial charge < -0.3 is 20.2 Å². The lowest BCUT2D eigenvalue weighted by Gasteiger charge is -2.41. The molecular formula is C31H31ClFN7O2S. The van der Waals surface area contributed by atoms with Crippen LogP contribution in [0, 0.1) is 25.1 Å². The Morgan fingerprint density at radius 2 is 2.05 bits per heavy atom. The molecule has 0 aliphatic carbocycles. The Labute approximate surface area is 257 Å². The van der Waals surface area contributed by atoms with Gasteiger partial charge >= 0.3 is 0 Å². The van der Waals surface area contributed by atoms with E-state index in [-0.39, 0.29) is 28.4 Å². The molecule has 1 fully saturated rings. The number of fused-ring (bicyclic) bond motifs is 3. The van der Waals surface area contributed by atoms with Crippen LogP contribution in [0.15, 0.2) is 48.1 Å². The number of H-pyrrole nitrogens is 1. The fraction of sp³-hybridized carbons (Fsp3) is 0.290. The molecule has 4 aromatic rings. The number of amidine groups is 1. The summed E-state index contributed by atoms with van der Waals surface area (Å²) < 4.78 is 17.0. The lowest BCUT2D eigenvalue weighted by atomic mass is 9.93. The quantitative estimate of drug-likeness (QED) is 0.203. The number of hydrogen-bond donors (Lipinski definition) is 4. The van der Waals surface area contributed by atoms with Crippen molar-refractivity contribution in [3.63, 3.8) is 0 Å². The molecule has 0 bridgehead atoms. The highest BCUT2D eigenvalue weighted by atomic mass is 35.5. The van der Waals surface area contributed by atoms with E-state index in [2.05, 4.69) is 27.1 Å². The summed E-state index contributed by atoms with van der Waals surface area (Å²) >= 11 is 8.54. The number of anilines is 2. The molecule has 4 heterocycles. The van der Waals surface area contributed by atoms with Crippen molar-refractivity contribution in [3.05, 3.63) is 76.5 Å². The topological polar surface area (TPSA) is 121 Å². The van der Waals surface area contributed by atoms with E-state index in [0.717, 1.165) is 22.0 Å². The zero-order valence-corrected chi connectivity index (χ0v) is 25.5. The average molecular weight is 620 g/mol. The number of amides is 1. The number of piperazine rings is 1. The van der Waals surface area contributed by atoms with Crippen LogP contribution in [0.5, 0.6) is 0 Å². The Bertz CT molecular complexity index is 1810. The van der Waals surface area contributed by atoms with Gasteiger partial charge in [0.15, 0.2) is 0 Å². The van der Waals surface area contributed by atoms with E-state index < -0.39 is 11.9 Å². The van der Waals surface area contributed by atoms with Crippen LogP contribution >= 0.6 is 23.4 Å². The van der Waals surface area contributed by atoms with Crippen LogP contribution in [0.2, 0.25) is 5.02 Å². The first-order valence-electron chi connectivity index (χ1n) is 13.9. The van der Waals surface area contributed by atoms with Gasteiger partial charge in [0.05, 0.1) is 56.4 Å². The lowest BCUT2D eigenvalue weighted by molar-refractivity contribution is -0.128. The third-order valence-electron chi connectivity index (χ3n) is 8.16. The number of carbonyl (C=O) groups is 1. The zero-order chi connectivity index (χ0) is 30.6. The Morgan fingerprint density at radius 3 is 2.79 bits per heavy atom. The van der Waals surface area contributed by atoms with Gasteiger partial charge in [0.1, 0.15) is 11.7 Å². The van der Waals surface area contributed by atoms with Crippen LogP contribution in [-0.2, 0) is 4.79 Å². The monoisotopic (exact) mass is 619 g/mol. The Kier molecular flexibility index (Phi) is 7.66. The number of thioether (sulfide) groups is 1. The van der Waals surface area contributed by atoms with Gasteiger partial charge in [-0.3, -0.25) is 20.3 Å². The van der Waals surface area contributed by atoms with Gasteiger partial charge in [-0.1, -0.05) is 24.2 Å². The first kappa shape index (κ1) is 29.2. The van der Waals surface area contributed by atoms with Crippen molar-refractivity contribution >= 4 is 57.4 Å². The number of halogens is 2. The SMILES string of the molecule is C=CC(=O)N1CCN2C(=N)c3c(Nc4c(C)ccnc4C(C)O)c(Cl)c(-c4c(C)ccc5[nH]ncc45)c(F)c3SCC2C1. The van der Waals surface area contributed by atoms with Gasteiger partial charge in [-0.05, 0) is 50.1 Å². The maximum atomic E-state index is 17.0. The summed E-state index contributed by atoms with van der Waals surface area (Å²) in [7, 11) is 0. The minimum absolute atomic E-state index is 0.108. The van der Waals surface area contributed by atoms with Crippen molar-refractivity contribution < 1.29 is 14.3 Å². The second-order valence-electron chi connectivity index (χ2n) is 10.9. The normalized spacial score (nSPS) is 17.3. The van der Waals surface area contributed by atoms with E-state index in [1.165, 1.54) is 17.8 Å². The number of aliphatic hydroxyl groups is 1. The van der Waals surface area contributed by atoms with E-state index in [9.17, 15) is 15.3 Å². The molecule has 43 heavy (non-hydrogen) atoms. The fourth-order valence-electron chi connectivity index (χ4n) is 5.95. The second-order valence-corrected chi connectivity index (χ2v) is 12.3. The van der Waals surface area contributed by atoms with Crippen LogP contribution in [0.1, 0.15) is 35.4 Å². The molecule has 0 spiro atoms. The lowest BCUT2D eigenvalue weighted by Crippen LogP contribution is -2.56. The number of hydrogen-bond acceptors (Lipinski definition) is 7. The molecule has 6 rings (SSSR count). The van der Waals surface area contributed by atoms with Gasteiger partial charge in [-0.15, -0.1) is 11.8 Å². The van der Waals surface area contributed by atoms with Crippen molar-refractivity contribution in [2.75, 3.05) is 30.7 Å². The predicted molar refractivity (Wildman–Crippen MR) is 169 cm³/mol. The van der Waals surface area contributed by atoms with Gasteiger partial charge in [-0.25, -0.2) is 4.39 Å². The van der Waals surface area contributed by atoms with Crippen LogP contribution in [0.3, 0.4) is 0 Å². The number of nitrogens with zero attached hydrogens (tertiary/aromatic N) is 4. The van der Waals surface area contributed by atoms with Crippen molar-refractivity contribution in [3.8, 4) is 11.1 Å². The maximum Gasteiger partial charge on any atom is 0.246 e. The molecule has 0 radical (unpaired) electrons. The molecular weight excluding hydrogens is 589 g/mol. The van der Waals surface area contributed by atoms with Crippen molar-refractivity contribution in [1.82, 2.24) is 25.0 Å². The Hall–Kier alpha value is -3.93. The smallest absolute Gasteiger partial charge is 0.246 e. The summed E-state index contributed by atoms with van der Waals surface area (Å²) in [5.74, 6) is -0.121. The van der Waals surface area contributed by atoms with Crippen LogP contribution < -0.4 is 5.32 Å². The molecule has 12 heteroatoms. The summed E-state index contributed by atoms with van der Waals surface area (Å²) in [6, 6.07) is 5.38.